The fraction of sp³-hybridized carbons (Fsp3) is 0.148. The zero-order chi connectivity index (χ0) is 24.8. The lowest BCUT2D eigenvalue weighted by molar-refractivity contribution is 0.0947. The van der Waals surface area contributed by atoms with Crippen LogP contribution < -0.4 is 14.4 Å². The number of benzene rings is 4. The molecule has 180 valence electrons. The van der Waals surface area contributed by atoms with Gasteiger partial charge >= 0.3 is 0 Å². The van der Waals surface area contributed by atoms with E-state index in [4.69, 9.17) is 16.3 Å². The van der Waals surface area contributed by atoms with Gasteiger partial charge in [0.2, 0.25) is 10.0 Å². The van der Waals surface area contributed by atoms with Gasteiger partial charge in [0.25, 0.3) is 5.91 Å². The number of sulfonamides is 1. The molecule has 0 aliphatic rings. The van der Waals surface area contributed by atoms with Gasteiger partial charge in [-0.2, -0.15) is 0 Å². The van der Waals surface area contributed by atoms with Gasteiger partial charge in [-0.25, -0.2) is 8.42 Å². The highest BCUT2D eigenvalue weighted by molar-refractivity contribution is 7.92. The zero-order valence-electron chi connectivity index (χ0n) is 19.1. The Morgan fingerprint density at radius 3 is 2.31 bits per heavy atom. The SMILES string of the molecule is CS(=O)(=O)N(Cc1ccc(Cl)cc1)c1ccc(C(=O)NCCOc2cccc3ccccc23)cc1. The molecule has 0 saturated heterocycles. The number of ether oxygens (including phenoxy) is 1. The summed E-state index contributed by atoms with van der Waals surface area (Å²) in [4.78, 5) is 12.6. The largest absolute Gasteiger partial charge is 0.491 e. The molecule has 0 aromatic heterocycles. The monoisotopic (exact) mass is 508 g/mol. The van der Waals surface area contributed by atoms with E-state index >= 15 is 0 Å². The molecule has 4 aromatic rings. The summed E-state index contributed by atoms with van der Waals surface area (Å²) in [7, 11) is -3.54. The van der Waals surface area contributed by atoms with Crippen molar-refractivity contribution in [3.63, 3.8) is 0 Å². The second kappa shape index (κ2) is 10.8. The van der Waals surface area contributed by atoms with Crippen molar-refractivity contribution in [3.8, 4) is 5.75 Å². The van der Waals surface area contributed by atoms with Crippen molar-refractivity contribution in [1.29, 1.82) is 0 Å². The number of amides is 1. The Hall–Kier alpha value is -3.55. The average Bonchev–Trinajstić information content (AvgIpc) is 2.85. The fourth-order valence-electron chi connectivity index (χ4n) is 3.68. The van der Waals surface area contributed by atoms with Crippen LogP contribution in [-0.2, 0) is 16.6 Å². The van der Waals surface area contributed by atoms with Crippen LogP contribution in [0.1, 0.15) is 15.9 Å². The van der Waals surface area contributed by atoms with E-state index in [1.165, 1.54) is 4.31 Å². The lowest BCUT2D eigenvalue weighted by Gasteiger charge is -2.23. The summed E-state index contributed by atoms with van der Waals surface area (Å²) in [5.74, 6) is 0.505. The molecule has 4 aromatic carbocycles. The Labute approximate surface area is 210 Å². The summed E-state index contributed by atoms with van der Waals surface area (Å²) in [6.45, 7) is 0.809. The van der Waals surface area contributed by atoms with E-state index < -0.39 is 10.0 Å². The number of halogens is 1. The van der Waals surface area contributed by atoms with Gasteiger partial charge in [-0.15, -0.1) is 0 Å². The van der Waals surface area contributed by atoms with Gasteiger partial charge in [-0.05, 0) is 53.4 Å². The van der Waals surface area contributed by atoms with Crippen LogP contribution in [0.15, 0.2) is 91.0 Å². The lowest BCUT2D eigenvalue weighted by Crippen LogP contribution is -2.30. The number of fused-ring (bicyclic) bond motifs is 1. The molecule has 6 nitrogen and oxygen atoms in total. The van der Waals surface area contributed by atoms with E-state index in [9.17, 15) is 13.2 Å². The molecule has 0 atom stereocenters. The maximum absolute atomic E-state index is 12.6. The maximum atomic E-state index is 12.6. The number of carbonyl (C=O) groups excluding carboxylic acids is 1. The summed E-state index contributed by atoms with van der Waals surface area (Å²) in [5, 5.41) is 5.52. The van der Waals surface area contributed by atoms with Gasteiger partial charge in [0.15, 0.2) is 0 Å². The molecule has 0 unspecified atom stereocenters. The average molecular weight is 509 g/mol. The van der Waals surface area contributed by atoms with Crippen LogP contribution in [0.2, 0.25) is 5.02 Å². The van der Waals surface area contributed by atoms with Crippen LogP contribution in [0.25, 0.3) is 10.8 Å². The molecular formula is C27H25ClN2O4S. The second-order valence-corrected chi connectivity index (χ2v) is 10.4. The third kappa shape index (κ3) is 6.32. The normalized spacial score (nSPS) is 11.3. The van der Waals surface area contributed by atoms with E-state index in [-0.39, 0.29) is 12.5 Å². The molecule has 0 aliphatic heterocycles. The molecule has 1 amide bonds. The first-order chi connectivity index (χ1) is 16.8. The number of anilines is 1. The summed E-state index contributed by atoms with van der Waals surface area (Å²) in [6.07, 6.45) is 1.15. The Balaban J connectivity index is 1.36. The molecule has 0 heterocycles. The van der Waals surface area contributed by atoms with Gasteiger partial charge in [0.05, 0.1) is 25.0 Å². The molecular weight excluding hydrogens is 484 g/mol. The molecule has 8 heteroatoms. The van der Waals surface area contributed by atoms with E-state index in [0.717, 1.165) is 28.3 Å². The Bertz CT molecular complexity index is 1420. The smallest absolute Gasteiger partial charge is 0.251 e. The minimum Gasteiger partial charge on any atom is -0.491 e. The Morgan fingerprint density at radius 2 is 1.60 bits per heavy atom. The second-order valence-electron chi connectivity index (χ2n) is 8.02. The maximum Gasteiger partial charge on any atom is 0.251 e. The predicted octanol–water partition coefficient (Wildman–Crippen LogP) is 5.27. The topological polar surface area (TPSA) is 75.7 Å². The molecule has 0 saturated carbocycles. The number of rotatable bonds is 9. The summed E-state index contributed by atoms with van der Waals surface area (Å²) in [6, 6.07) is 27.3. The van der Waals surface area contributed by atoms with E-state index in [2.05, 4.69) is 5.32 Å². The molecule has 0 radical (unpaired) electrons. The Kier molecular flexibility index (Phi) is 7.58. The van der Waals surface area contributed by atoms with Gasteiger partial charge in [0, 0.05) is 16.0 Å². The third-order valence-electron chi connectivity index (χ3n) is 5.45. The summed E-state index contributed by atoms with van der Waals surface area (Å²) in [5.41, 5.74) is 1.70. The quantitative estimate of drug-likeness (QED) is 0.312. The van der Waals surface area contributed by atoms with Gasteiger partial charge in [-0.3, -0.25) is 9.10 Å². The molecule has 0 spiro atoms. The fourth-order valence-corrected chi connectivity index (χ4v) is 4.70. The van der Waals surface area contributed by atoms with Crippen molar-refractivity contribution < 1.29 is 17.9 Å². The highest BCUT2D eigenvalue weighted by Crippen LogP contribution is 2.25. The number of carbonyl (C=O) groups is 1. The highest BCUT2D eigenvalue weighted by atomic mass is 35.5. The Morgan fingerprint density at radius 1 is 0.914 bits per heavy atom. The minimum atomic E-state index is -3.54. The minimum absolute atomic E-state index is 0.160. The first-order valence-electron chi connectivity index (χ1n) is 11.0. The van der Waals surface area contributed by atoms with E-state index in [0.29, 0.717) is 29.4 Å². The zero-order valence-corrected chi connectivity index (χ0v) is 20.7. The number of hydrogen-bond acceptors (Lipinski definition) is 4. The van der Waals surface area contributed by atoms with Crippen LogP contribution >= 0.6 is 11.6 Å². The molecule has 1 N–H and O–H groups in total. The van der Waals surface area contributed by atoms with Crippen molar-refractivity contribution in [2.45, 2.75) is 6.54 Å². The van der Waals surface area contributed by atoms with Crippen molar-refractivity contribution in [3.05, 3.63) is 107 Å². The van der Waals surface area contributed by atoms with E-state index in [1.54, 1.807) is 48.5 Å². The predicted molar refractivity (Wildman–Crippen MR) is 141 cm³/mol. The first kappa shape index (κ1) is 24.6. The summed E-state index contributed by atoms with van der Waals surface area (Å²) >= 11 is 5.92. The van der Waals surface area contributed by atoms with Crippen molar-refractivity contribution in [2.75, 3.05) is 23.7 Å². The third-order valence-corrected chi connectivity index (χ3v) is 6.84. The summed E-state index contributed by atoms with van der Waals surface area (Å²) < 4.78 is 32.0. The highest BCUT2D eigenvalue weighted by Gasteiger charge is 2.18. The van der Waals surface area contributed by atoms with Crippen LogP contribution in [0.3, 0.4) is 0 Å². The van der Waals surface area contributed by atoms with E-state index in [1.807, 2.05) is 42.5 Å². The van der Waals surface area contributed by atoms with Crippen molar-refractivity contribution in [1.82, 2.24) is 5.32 Å². The number of nitrogens with zero attached hydrogens (tertiary/aromatic N) is 1. The molecule has 0 fully saturated rings. The first-order valence-corrected chi connectivity index (χ1v) is 13.2. The molecule has 4 rings (SSSR count). The van der Waals surface area contributed by atoms with Crippen molar-refractivity contribution >= 4 is 44.0 Å². The van der Waals surface area contributed by atoms with Crippen LogP contribution in [0.4, 0.5) is 5.69 Å². The molecule has 0 aliphatic carbocycles. The van der Waals surface area contributed by atoms with Crippen LogP contribution in [0, 0.1) is 0 Å². The standard InChI is InChI=1S/C27H25ClN2O4S/c1-35(32,33)30(19-20-9-13-23(28)14-10-20)24-15-11-22(12-16-24)27(31)29-17-18-34-26-8-4-6-21-5-2-3-7-25(21)26/h2-16H,17-19H2,1H3,(H,29,31). The number of nitrogens with one attached hydrogen (secondary N) is 1. The molecule has 35 heavy (non-hydrogen) atoms. The lowest BCUT2D eigenvalue weighted by atomic mass is 10.1. The van der Waals surface area contributed by atoms with Crippen molar-refractivity contribution in [2.24, 2.45) is 0 Å². The molecule has 0 bridgehead atoms. The van der Waals surface area contributed by atoms with Gasteiger partial charge < -0.3 is 10.1 Å². The van der Waals surface area contributed by atoms with Crippen LogP contribution in [0.5, 0.6) is 5.75 Å². The number of hydrogen-bond donors (Lipinski definition) is 1. The van der Waals surface area contributed by atoms with Gasteiger partial charge in [-0.1, -0.05) is 60.1 Å². The van der Waals surface area contributed by atoms with Crippen LogP contribution in [-0.4, -0.2) is 33.7 Å². The van der Waals surface area contributed by atoms with Gasteiger partial charge in [0.1, 0.15) is 12.4 Å².